The van der Waals surface area contributed by atoms with Crippen LogP contribution in [0.15, 0.2) is 35.1 Å². The standard InChI is InChI=1S/C18H19F2N3O2/c1-10-2-4-13(17(24)22-10)18(25)23-16-9-21-7-6-12(16)11-3-5-14(19)15(20)8-11/h2-5,8,12,16,21H,6-7,9H2,1H3,(H,22,24)(H,23,25). The molecule has 1 aliphatic rings. The second-order valence-corrected chi connectivity index (χ2v) is 6.24. The third-order valence-corrected chi connectivity index (χ3v) is 4.47. The van der Waals surface area contributed by atoms with Crippen molar-refractivity contribution in [3.05, 3.63) is 69.1 Å². The monoisotopic (exact) mass is 347 g/mol. The van der Waals surface area contributed by atoms with Crippen molar-refractivity contribution in [2.45, 2.75) is 25.3 Å². The van der Waals surface area contributed by atoms with Gasteiger partial charge in [0.2, 0.25) is 0 Å². The van der Waals surface area contributed by atoms with Crippen molar-refractivity contribution in [2.24, 2.45) is 0 Å². The molecule has 1 aromatic carbocycles. The van der Waals surface area contributed by atoms with Gasteiger partial charge in [0.1, 0.15) is 5.56 Å². The molecule has 1 saturated heterocycles. The van der Waals surface area contributed by atoms with Crippen molar-refractivity contribution in [3.8, 4) is 0 Å². The number of hydrogen-bond acceptors (Lipinski definition) is 3. The molecule has 0 aliphatic carbocycles. The molecule has 1 amide bonds. The largest absolute Gasteiger partial charge is 0.347 e. The zero-order valence-corrected chi connectivity index (χ0v) is 13.7. The molecule has 0 spiro atoms. The fraction of sp³-hybridized carbons (Fsp3) is 0.333. The normalized spacial score (nSPS) is 20.3. The van der Waals surface area contributed by atoms with Gasteiger partial charge in [-0.25, -0.2) is 8.78 Å². The Hall–Kier alpha value is -2.54. The zero-order chi connectivity index (χ0) is 18.0. The maximum atomic E-state index is 13.6. The lowest BCUT2D eigenvalue weighted by Crippen LogP contribution is -2.50. The molecule has 2 unspecified atom stereocenters. The number of H-pyrrole nitrogens is 1. The van der Waals surface area contributed by atoms with Crippen LogP contribution in [-0.4, -0.2) is 30.0 Å². The van der Waals surface area contributed by atoms with Gasteiger partial charge in [-0.1, -0.05) is 6.07 Å². The minimum absolute atomic E-state index is 0.0280. The molecule has 2 aromatic rings. The number of halogens is 2. The first-order valence-corrected chi connectivity index (χ1v) is 8.12. The highest BCUT2D eigenvalue weighted by Crippen LogP contribution is 2.27. The Bertz CT molecular complexity index is 850. The molecule has 2 atom stereocenters. The predicted octanol–water partition coefficient (Wildman–Crippen LogP) is 1.84. The van der Waals surface area contributed by atoms with Crippen molar-refractivity contribution in [2.75, 3.05) is 13.1 Å². The van der Waals surface area contributed by atoms with Crippen molar-refractivity contribution in [1.82, 2.24) is 15.6 Å². The number of amides is 1. The van der Waals surface area contributed by atoms with Crippen LogP contribution in [0.5, 0.6) is 0 Å². The summed E-state index contributed by atoms with van der Waals surface area (Å²) in [6.45, 7) is 2.92. The van der Waals surface area contributed by atoms with Crippen LogP contribution >= 0.6 is 0 Å². The van der Waals surface area contributed by atoms with Crippen LogP contribution in [-0.2, 0) is 0 Å². The van der Waals surface area contributed by atoms with Gasteiger partial charge in [-0.05, 0) is 49.7 Å². The number of piperidine rings is 1. The van der Waals surface area contributed by atoms with Gasteiger partial charge in [-0.15, -0.1) is 0 Å². The zero-order valence-electron chi connectivity index (χ0n) is 13.7. The summed E-state index contributed by atoms with van der Waals surface area (Å²) in [7, 11) is 0. The molecule has 5 nitrogen and oxygen atoms in total. The topological polar surface area (TPSA) is 74.0 Å². The first-order valence-electron chi connectivity index (χ1n) is 8.12. The van der Waals surface area contributed by atoms with Gasteiger partial charge in [0.05, 0.1) is 0 Å². The predicted molar refractivity (Wildman–Crippen MR) is 89.6 cm³/mol. The van der Waals surface area contributed by atoms with E-state index in [1.54, 1.807) is 13.0 Å². The highest BCUT2D eigenvalue weighted by atomic mass is 19.2. The molecule has 3 N–H and O–H groups in total. The van der Waals surface area contributed by atoms with Crippen LogP contribution in [0.4, 0.5) is 8.78 Å². The summed E-state index contributed by atoms with van der Waals surface area (Å²) in [5.41, 5.74) is 0.870. The highest BCUT2D eigenvalue weighted by Gasteiger charge is 2.29. The summed E-state index contributed by atoms with van der Waals surface area (Å²) in [6.07, 6.45) is 0.667. The van der Waals surface area contributed by atoms with Crippen LogP contribution < -0.4 is 16.2 Å². The number of aromatic nitrogens is 1. The Morgan fingerprint density at radius 2 is 2.00 bits per heavy atom. The van der Waals surface area contributed by atoms with Crippen molar-refractivity contribution in [3.63, 3.8) is 0 Å². The fourth-order valence-corrected chi connectivity index (χ4v) is 3.15. The first kappa shape index (κ1) is 17.3. The van der Waals surface area contributed by atoms with Crippen molar-refractivity contribution < 1.29 is 13.6 Å². The molecule has 7 heteroatoms. The smallest absolute Gasteiger partial charge is 0.260 e. The van der Waals surface area contributed by atoms with E-state index >= 15 is 0 Å². The molecule has 1 fully saturated rings. The van der Waals surface area contributed by atoms with E-state index in [1.807, 2.05) is 0 Å². The van der Waals surface area contributed by atoms with E-state index in [0.29, 0.717) is 30.8 Å². The Labute approximate surface area is 143 Å². The van der Waals surface area contributed by atoms with Crippen LogP contribution in [0, 0.1) is 18.6 Å². The third kappa shape index (κ3) is 3.76. The number of nitrogens with one attached hydrogen (secondary N) is 3. The third-order valence-electron chi connectivity index (χ3n) is 4.47. The second kappa shape index (κ2) is 7.14. The van der Waals surface area contributed by atoms with E-state index in [4.69, 9.17) is 0 Å². The minimum Gasteiger partial charge on any atom is -0.347 e. The summed E-state index contributed by atoms with van der Waals surface area (Å²) in [4.78, 5) is 27.0. The van der Waals surface area contributed by atoms with Crippen molar-refractivity contribution >= 4 is 5.91 Å². The molecule has 2 heterocycles. The van der Waals surface area contributed by atoms with Crippen molar-refractivity contribution in [1.29, 1.82) is 0 Å². The average molecular weight is 347 g/mol. The summed E-state index contributed by atoms with van der Waals surface area (Å²) < 4.78 is 26.7. The average Bonchev–Trinajstić information content (AvgIpc) is 2.58. The number of carbonyl (C=O) groups is 1. The van der Waals surface area contributed by atoms with Crippen LogP contribution in [0.3, 0.4) is 0 Å². The summed E-state index contributed by atoms with van der Waals surface area (Å²) >= 11 is 0. The molecular weight excluding hydrogens is 328 g/mol. The Balaban J connectivity index is 1.82. The highest BCUT2D eigenvalue weighted by molar-refractivity contribution is 5.94. The first-order chi connectivity index (χ1) is 12.0. The Morgan fingerprint density at radius 1 is 1.20 bits per heavy atom. The molecule has 0 bridgehead atoms. The van der Waals surface area contributed by atoms with E-state index in [1.165, 1.54) is 18.2 Å². The van der Waals surface area contributed by atoms with E-state index in [-0.39, 0.29) is 17.5 Å². The maximum absolute atomic E-state index is 13.6. The number of benzene rings is 1. The van der Waals surface area contributed by atoms with Crippen LogP contribution in [0.25, 0.3) is 0 Å². The Morgan fingerprint density at radius 3 is 2.72 bits per heavy atom. The van der Waals surface area contributed by atoms with E-state index in [0.717, 1.165) is 6.07 Å². The molecule has 1 aliphatic heterocycles. The van der Waals surface area contributed by atoms with Gasteiger partial charge in [-0.3, -0.25) is 9.59 Å². The fourth-order valence-electron chi connectivity index (χ4n) is 3.15. The van der Waals surface area contributed by atoms with E-state index in [9.17, 15) is 18.4 Å². The van der Waals surface area contributed by atoms with Gasteiger partial charge in [0, 0.05) is 24.2 Å². The minimum atomic E-state index is -0.906. The quantitative estimate of drug-likeness (QED) is 0.793. The number of hydrogen-bond donors (Lipinski definition) is 3. The van der Waals surface area contributed by atoms with Crippen LogP contribution in [0.2, 0.25) is 0 Å². The molecule has 1 aromatic heterocycles. The number of aryl methyl sites for hydroxylation is 1. The van der Waals surface area contributed by atoms with Gasteiger partial charge in [0.15, 0.2) is 11.6 Å². The SMILES string of the molecule is Cc1ccc(C(=O)NC2CNCCC2c2ccc(F)c(F)c2)c(=O)[nH]1. The molecular formula is C18H19F2N3O2. The van der Waals surface area contributed by atoms with E-state index < -0.39 is 23.1 Å². The summed E-state index contributed by atoms with van der Waals surface area (Å²) in [5.74, 6) is -2.45. The molecule has 3 rings (SSSR count). The second-order valence-electron chi connectivity index (χ2n) is 6.24. The molecule has 132 valence electrons. The number of pyridine rings is 1. The van der Waals surface area contributed by atoms with Crippen LogP contribution in [0.1, 0.15) is 34.0 Å². The van der Waals surface area contributed by atoms with Gasteiger partial charge in [-0.2, -0.15) is 0 Å². The molecule has 0 saturated carbocycles. The number of aromatic amines is 1. The Kier molecular flexibility index (Phi) is 4.94. The summed E-state index contributed by atoms with van der Waals surface area (Å²) in [6, 6.07) is 6.60. The number of carbonyl (C=O) groups excluding carboxylic acids is 1. The lowest BCUT2D eigenvalue weighted by molar-refractivity contribution is 0.0923. The van der Waals surface area contributed by atoms with Gasteiger partial charge < -0.3 is 15.6 Å². The molecule has 25 heavy (non-hydrogen) atoms. The number of rotatable bonds is 3. The van der Waals surface area contributed by atoms with Gasteiger partial charge in [0.25, 0.3) is 11.5 Å². The maximum Gasteiger partial charge on any atom is 0.260 e. The molecule has 0 radical (unpaired) electrons. The lowest BCUT2D eigenvalue weighted by atomic mass is 9.86. The van der Waals surface area contributed by atoms with E-state index in [2.05, 4.69) is 15.6 Å². The van der Waals surface area contributed by atoms with Gasteiger partial charge >= 0.3 is 0 Å². The lowest BCUT2D eigenvalue weighted by Gasteiger charge is -2.33. The summed E-state index contributed by atoms with van der Waals surface area (Å²) in [5, 5.41) is 6.01.